The van der Waals surface area contributed by atoms with Crippen LogP contribution in [0.4, 0.5) is 8.78 Å². The molecule has 1 aromatic rings. The average Bonchev–Trinajstić information content (AvgIpc) is 3.10. The molecule has 1 fully saturated rings. The molecule has 0 radical (unpaired) electrons. The second-order valence-corrected chi connectivity index (χ2v) is 7.96. The average molecular weight is 428 g/mol. The first-order valence-corrected chi connectivity index (χ1v) is 9.65. The van der Waals surface area contributed by atoms with E-state index in [1.807, 2.05) is 6.92 Å². The second-order valence-electron chi connectivity index (χ2n) is 7.96. The van der Waals surface area contributed by atoms with Crippen molar-refractivity contribution >= 4 is 17.9 Å². The lowest BCUT2D eigenvalue weighted by atomic mass is 10.0. The van der Waals surface area contributed by atoms with Gasteiger partial charge >= 0.3 is 23.8 Å². The van der Waals surface area contributed by atoms with Crippen LogP contribution in [0.15, 0.2) is 18.2 Å². The van der Waals surface area contributed by atoms with Crippen LogP contribution in [0.3, 0.4) is 0 Å². The predicted octanol–water partition coefficient (Wildman–Crippen LogP) is 4.09. The molecule has 0 amide bonds. The summed E-state index contributed by atoms with van der Waals surface area (Å²) >= 11 is 0. The first-order chi connectivity index (χ1) is 13.9. The molecule has 1 aliphatic carbocycles. The van der Waals surface area contributed by atoms with Gasteiger partial charge in [0.1, 0.15) is 16.9 Å². The summed E-state index contributed by atoms with van der Waals surface area (Å²) in [4.78, 5) is 36.0. The Balaban J connectivity index is 2.29. The maximum Gasteiger partial charge on any atom is 0.378 e. The van der Waals surface area contributed by atoms with Crippen molar-refractivity contribution in [2.45, 2.75) is 64.1 Å². The molecule has 1 saturated carbocycles. The highest BCUT2D eigenvalue weighted by Gasteiger charge is 2.51. The minimum atomic E-state index is -4.27. The lowest BCUT2D eigenvalue weighted by molar-refractivity contribution is -0.187. The number of esters is 2. The van der Waals surface area contributed by atoms with E-state index in [9.17, 15) is 23.2 Å². The minimum absolute atomic E-state index is 0.0498. The smallest absolute Gasteiger partial charge is 0.378 e. The Kier molecular flexibility index (Phi) is 7.05. The minimum Gasteiger partial charge on any atom is -0.496 e. The molecule has 0 heterocycles. The van der Waals surface area contributed by atoms with Gasteiger partial charge < -0.3 is 19.3 Å². The van der Waals surface area contributed by atoms with Crippen LogP contribution in [0.25, 0.3) is 0 Å². The fraction of sp³-hybridized carbons (Fsp3) is 0.571. The zero-order chi connectivity index (χ0) is 22.7. The Morgan fingerprint density at radius 2 is 1.73 bits per heavy atom. The van der Waals surface area contributed by atoms with E-state index in [-0.39, 0.29) is 16.9 Å². The topological polar surface area (TPSA) is 99.1 Å². The van der Waals surface area contributed by atoms with E-state index >= 15 is 0 Å². The van der Waals surface area contributed by atoms with Crippen LogP contribution in [0, 0.1) is 5.92 Å². The Bertz CT molecular complexity index is 814. The van der Waals surface area contributed by atoms with E-state index in [0.717, 1.165) is 18.9 Å². The molecule has 1 N–H and O–H groups in total. The van der Waals surface area contributed by atoms with Gasteiger partial charge in [0.25, 0.3) is 0 Å². The highest BCUT2D eigenvalue weighted by molar-refractivity contribution is 5.97. The first kappa shape index (κ1) is 23.6. The second kappa shape index (κ2) is 8.97. The van der Waals surface area contributed by atoms with Crippen molar-refractivity contribution in [1.82, 2.24) is 0 Å². The standard InChI is InChI=1S/C21H26F2O7/c1-12(2)16(21(22,23)19(26)27)29-17(24)13-7-8-15(28-4)14(11-13)18(25)30-20(3)9-5-6-10-20/h7-8,11-12,16H,5-6,9-10H2,1-4H3,(H,26,27). The number of carboxylic acid groups (broad SMARTS) is 1. The van der Waals surface area contributed by atoms with Gasteiger partial charge in [-0.2, -0.15) is 8.78 Å². The van der Waals surface area contributed by atoms with Gasteiger partial charge in [0.2, 0.25) is 0 Å². The molecule has 9 heteroatoms. The van der Waals surface area contributed by atoms with Crippen LogP contribution in [0.2, 0.25) is 0 Å². The molecular formula is C21H26F2O7. The lowest BCUT2D eigenvalue weighted by Gasteiger charge is -2.27. The number of aliphatic carboxylic acids is 1. The molecule has 0 spiro atoms. The summed E-state index contributed by atoms with van der Waals surface area (Å²) in [6.07, 6.45) is 1.10. The number of ether oxygens (including phenoxy) is 3. The van der Waals surface area contributed by atoms with Crippen LogP contribution in [0.1, 0.15) is 67.2 Å². The van der Waals surface area contributed by atoms with Crippen LogP contribution in [0.5, 0.6) is 5.75 Å². The van der Waals surface area contributed by atoms with Crippen LogP contribution in [-0.4, -0.2) is 47.8 Å². The molecule has 0 aromatic heterocycles. The molecule has 0 aliphatic heterocycles. The Morgan fingerprint density at radius 3 is 2.23 bits per heavy atom. The van der Waals surface area contributed by atoms with Gasteiger partial charge in [-0.25, -0.2) is 14.4 Å². The van der Waals surface area contributed by atoms with Gasteiger partial charge in [-0.3, -0.25) is 0 Å². The number of carboxylic acids is 1. The van der Waals surface area contributed by atoms with Crippen molar-refractivity contribution < 1.29 is 42.5 Å². The number of benzene rings is 1. The normalized spacial score (nSPS) is 16.8. The zero-order valence-electron chi connectivity index (χ0n) is 17.4. The summed E-state index contributed by atoms with van der Waals surface area (Å²) in [6.45, 7) is 4.45. The van der Waals surface area contributed by atoms with Gasteiger partial charge in [-0.1, -0.05) is 13.8 Å². The quantitative estimate of drug-likeness (QED) is 0.623. The summed E-state index contributed by atoms with van der Waals surface area (Å²) in [5.41, 5.74) is -0.873. The first-order valence-electron chi connectivity index (χ1n) is 9.65. The summed E-state index contributed by atoms with van der Waals surface area (Å²) in [7, 11) is 1.34. The van der Waals surface area contributed by atoms with Crippen LogP contribution in [-0.2, 0) is 14.3 Å². The molecule has 0 bridgehead atoms. The molecule has 30 heavy (non-hydrogen) atoms. The third kappa shape index (κ3) is 5.06. The van der Waals surface area contributed by atoms with Gasteiger partial charge in [0.05, 0.1) is 12.7 Å². The van der Waals surface area contributed by atoms with Crippen molar-refractivity contribution in [3.63, 3.8) is 0 Å². The zero-order valence-corrected chi connectivity index (χ0v) is 17.4. The molecule has 0 saturated heterocycles. The van der Waals surface area contributed by atoms with Gasteiger partial charge in [-0.05, 0) is 56.7 Å². The van der Waals surface area contributed by atoms with Crippen LogP contribution >= 0.6 is 0 Å². The number of carbonyl (C=O) groups is 3. The number of halogens is 2. The molecule has 1 atom stereocenters. The van der Waals surface area contributed by atoms with E-state index in [2.05, 4.69) is 0 Å². The molecule has 1 unspecified atom stereocenters. The Morgan fingerprint density at radius 1 is 1.13 bits per heavy atom. The number of hydrogen-bond acceptors (Lipinski definition) is 6. The van der Waals surface area contributed by atoms with E-state index < -0.39 is 41.5 Å². The highest BCUT2D eigenvalue weighted by atomic mass is 19.3. The predicted molar refractivity (Wildman–Crippen MR) is 102 cm³/mol. The number of carbonyl (C=O) groups excluding carboxylic acids is 2. The maximum atomic E-state index is 14.0. The number of hydrogen-bond donors (Lipinski definition) is 1. The molecular weight excluding hydrogens is 402 g/mol. The summed E-state index contributed by atoms with van der Waals surface area (Å²) in [6, 6.07) is 3.70. The third-order valence-electron chi connectivity index (χ3n) is 5.14. The van der Waals surface area contributed by atoms with E-state index in [1.54, 1.807) is 0 Å². The SMILES string of the molecule is COc1ccc(C(=O)OC(C(C)C)C(F)(F)C(=O)O)cc1C(=O)OC1(C)CCCC1. The number of alkyl halides is 2. The van der Waals surface area contributed by atoms with E-state index in [0.29, 0.717) is 12.8 Å². The monoisotopic (exact) mass is 428 g/mol. The lowest BCUT2D eigenvalue weighted by Crippen LogP contribution is -2.47. The van der Waals surface area contributed by atoms with Gasteiger partial charge in [0.15, 0.2) is 6.10 Å². The Hall–Kier alpha value is -2.71. The highest BCUT2D eigenvalue weighted by Crippen LogP contribution is 2.35. The van der Waals surface area contributed by atoms with E-state index in [4.69, 9.17) is 19.3 Å². The maximum absolute atomic E-state index is 14.0. The fourth-order valence-corrected chi connectivity index (χ4v) is 3.43. The summed E-state index contributed by atoms with van der Waals surface area (Å²) in [5.74, 6) is -9.37. The Labute approximate surface area is 173 Å². The van der Waals surface area contributed by atoms with Gasteiger partial charge in [0, 0.05) is 0 Å². The fourth-order valence-electron chi connectivity index (χ4n) is 3.43. The van der Waals surface area contributed by atoms with Crippen molar-refractivity contribution in [2.24, 2.45) is 5.92 Å². The van der Waals surface area contributed by atoms with Gasteiger partial charge in [-0.15, -0.1) is 0 Å². The number of rotatable bonds is 8. The molecule has 166 valence electrons. The van der Waals surface area contributed by atoms with Crippen molar-refractivity contribution in [1.29, 1.82) is 0 Å². The molecule has 2 rings (SSSR count). The molecule has 1 aromatic carbocycles. The van der Waals surface area contributed by atoms with Crippen LogP contribution < -0.4 is 4.74 Å². The molecule has 1 aliphatic rings. The summed E-state index contributed by atoms with van der Waals surface area (Å²) in [5, 5.41) is 8.77. The summed E-state index contributed by atoms with van der Waals surface area (Å²) < 4.78 is 43.5. The van der Waals surface area contributed by atoms with Crippen molar-refractivity contribution in [2.75, 3.05) is 7.11 Å². The largest absolute Gasteiger partial charge is 0.496 e. The van der Waals surface area contributed by atoms with Crippen molar-refractivity contribution in [3.05, 3.63) is 29.3 Å². The third-order valence-corrected chi connectivity index (χ3v) is 5.14. The van der Waals surface area contributed by atoms with E-state index in [1.165, 1.54) is 33.1 Å². The molecule has 7 nitrogen and oxygen atoms in total. The van der Waals surface area contributed by atoms with Crippen molar-refractivity contribution in [3.8, 4) is 5.75 Å². The number of methoxy groups -OCH3 is 1.